The predicted molar refractivity (Wildman–Crippen MR) is 91.9 cm³/mol. The number of ketones is 2. The summed E-state index contributed by atoms with van der Waals surface area (Å²) in [5.74, 6) is -0.405. The van der Waals surface area contributed by atoms with Gasteiger partial charge < -0.3 is 4.74 Å². The third kappa shape index (κ3) is 3.52. The first-order chi connectivity index (χ1) is 11.6. The number of hydrogen-bond acceptors (Lipinski definition) is 5. The lowest BCUT2D eigenvalue weighted by Gasteiger charge is -2.02. The maximum Gasteiger partial charge on any atom is 0.287 e. The van der Waals surface area contributed by atoms with Gasteiger partial charge in [-0.25, -0.2) is 0 Å². The molecule has 2 aromatic rings. The van der Waals surface area contributed by atoms with E-state index < -0.39 is 0 Å². The van der Waals surface area contributed by atoms with Crippen molar-refractivity contribution < 1.29 is 14.3 Å². The van der Waals surface area contributed by atoms with E-state index in [0.717, 1.165) is 17.3 Å². The molecule has 3 rings (SSSR count). The molecule has 0 N–H and O–H groups in total. The average molecular weight is 318 g/mol. The quantitative estimate of drug-likeness (QED) is 0.494. The molecule has 0 aliphatic carbocycles. The highest BCUT2D eigenvalue weighted by Crippen LogP contribution is 2.22. The highest BCUT2D eigenvalue weighted by Gasteiger charge is 2.23. The van der Waals surface area contributed by atoms with Crippen LogP contribution in [-0.4, -0.2) is 23.7 Å². The molecule has 1 aliphatic heterocycles. The van der Waals surface area contributed by atoms with Crippen LogP contribution in [0.1, 0.15) is 21.5 Å². The molecule has 24 heavy (non-hydrogen) atoms. The smallest absolute Gasteiger partial charge is 0.287 e. The van der Waals surface area contributed by atoms with Gasteiger partial charge in [0.2, 0.25) is 11.6 Å². The molecule has 0 atom stereocenters. The van der Waals surface area contributed by atoms with E-state index in [2.05, 4.69) is 10.2 Å². The fourth-order valence-electron chi connectivity index (χ4n) is 2.11. The number of carbonyl (C=O) groups excluding carboxylic acids is 2. The molecular weight excluding hydrogens is 304 g/mol. The van der Waals surface area contributed by atoms with Crippen molar-refractivity contribution in [3.05, 3.63) is 77.4 Å². The van der Waals surface area contributed by atoms with Gasteiger partial charge in [0, 0.05) is 17.2 Å². The van der Waals surface area contributed by atoms with Crippen LogP contribution in [0.3, 0.4) is 0 Å². The zero-order valence-electron chi connectivity index (χ0n) is 13.0. The van der Waals surface area contributed by atoms with Gasteiger partial charge in [0.25, 0.3) is 5.90 Å². The van der Waals surface area contributed by atoms with Gasteiger partial charge in [0.1, 0.15) is 5.76 Å². The Hall–Kier alpha value is -3.34. The normalized spacial score (nSPS) is 15.6. The number of benzene rings is 2. The largest absolute Gasteiger partial charge is 0.434 e. The van der Waals surface area contributed by atoms with Crippen LogP contribution >= 0.6 is 0 Å². The maximum absolute atomic E-state index is 11.9. The van der Waals surface area contributed by atoms with Crippen LogP contribution < -0.4 is 0 Å². The van der Waals surface area contributed by atoms with E-state index in [1.807, 2.05) is 37.3 Å². The monoisotopic (exact) mass is 318 g/mol. The number of hydrogen-bond donors (Lipinski definition) is 0. The minimum absolute atomic E-state index is 0.150. The molecule has 0 spiro atoms. The van der Waals surface area contributed by atoms with E-state index >= 15 is 0 Å². The molecule has 2 aromatic carbocycles. The summed E-state index contributed by atoms with van der Waals surface area (Å²) in [6.45, 7) is 1.98. The molecule has 0 saturated heterocycles. The fraction of sp³-hybridized carbons (Fsp3) is 0.0526. The van der Waals surface area contributed by atoms with E-state index in [-0.39, 0.29) is 17.5 Å². The van der Waals surface area contributed by atoms with Crippen LogP contribution in [0.25, 0.3) is 5.76 Å². The van der Waals surface area contributed by atoms with Crippen molar-refractivity contribution in [1.29, 1.82) is 0 Å². The van der Waals surface area contributed by atoms with Gasteiger partial charge in [-0.1, -0.05) is 60.2 Å². The summed E-state index contributed by atoms with van der Waals surface area (Å²) in [7, 11) is 0. The lowest BCUT2D eigenvalue weighted by Crippen LogP contribution is -2.07. The Morgan fingerprint density at radius 2 is 1.75 bits per heavy atom. The highest BCUT2D eigenvalue weighted by atomic mass is 16.5. The van der Waals surface area contributed by atoms with Gasteiger partial charge in [-0.3, -0.25) is 9.59 Å². The van der Waals surface area contributed by atoms with Crippen molar-refractivity contribution in [2.75, 3.05) is 0 Å². The Kier molecular flexibility index (Phi) is 4.43. The van der Waals surface area contributed by atoms with E-state index in [0.29, 0.717) is 11.3 Å². The average Bonchev–Trinajstić information content (AvgIpc) is 2.97. The first kappa shape index (κ1) is 15.6. The van der Waals surface area contributed by atoms with Crippen LogP contribution in [-0.2, 0) is 9.53 Å². The van der Waals surface area contributed by atoms with Gasteiger partial charge in [0.15, 0.2) is 0 Å². The fourth-order valence-corrected chi connectivity index (χ4v) is 2.11. The molecule has 5 heteroatoms. The minimum atomic E-state index is -0.380. The van der Waals surface area contributed by atoms with Gasteiger partial charge in [0.05, 0.1) is 6.21 Å². The molecule has 0 aromatic heterocycles. The Bertz CT molecular complexity index is 863. The van der Waals surface area contributed by atoms with E-state index in [9.17, 15) is 9.59 Å². The second-order valence-corrected chi connectivity index (χ2v) is 5.22. The Labute approximate surface area is 139 Å². The third-order valence-electron chi connectivity index (χ3n) is 3.40. The van der Waals surface area contributed by atoms with Crippen molar-refractivity contribution in [2.45, 2.75) is 6.92 Å². The second-order valence-electron chi connectivity index (χ2n) is 5.22. The summed E-state index contributed by atoms with van der Waals surface area (Å²) in [5.41, 5.74) is 2.39. The summed E-state index contributed by atoms with van der Waals surface area (Å²) in [6.07, 6.45) is 2.42. The molecule has 0 bridgehead atoms. The van der Waals surface area contributed by atoms with Crippen LogP contribution in [0, 0.1) is 6.92 Å². The topological polar surface area (TPSA) is 68.1 Å². The number of Topliss-reactive ketones (excluding diaryl/α,β-unsaturated/α-hetero) is 1. The van der Waals surface area contributed by atoms with E-state index in [1.54, 1.807) is 24.3 Å². The number of nitrogens with zero attached hydrogens (tertiary/aromatic N) is 2. The van der Waals surface area contributed by atoms with Crippen molar-refractivity contribution in [2.24, 2.45) is 10.2 Å². The Morgan fingerprint density at radius 1 is 1.04 bits per heavy atom. The minimum Gasteiger partial charge on any atom is -0.434 e. The van der Waals surface area contributed by atoms with Gasteiger partial charge in [-0.15, -0.1) is 5.10 Å². The summed E-state index contributed by atoms with van der Waals surface area (Å²) in [5, 5.41) is 7.36. The first-order valence-corrected chi connectivity index (χ1v) is 7.35. The van der Waals surface area contributed by atoms with Crippen molar-refractivity contribution in [3.8, 4) is 0 Å². The molecule has 1 heterocycles. The molecule has 5 nitrogen and oxygen atoms in total. The standard InChI is InChI=1S/C19H14N2O3/c1-13-7-9-15(10-8-13)18-11-16(22)19(24-18)21-20-12-17(23)14-5-3-2-4-6-14/h2-12H,1H3/b20-12+,21-19+. The summed E-state index contributed by atoms with van der Waals surface area (Å²) in [6, 6.07) is 16.3. The lowest BCUT2D eigenvalue weighted by molar-refractivity contribution is -0.109. The lowest BCUT2D eigenvalue weighted by atomic mass is 10.1. The van der Waals surface area contributed by atoms with Crippen LogP contribution in [0.15, 0.2) is 70.9 Å². The van der Waals surface area contributed by atoms with Gasteiger partial charge in [-0.05, 0) is 6.92 Å². The molecule has 118 valence electrons. The van der Waals surface area contributed by atoms with Crippen LogP contribution in [0.4, 0.5) is 0 Å². The first-order valence-electron chi connectivity index (χ1n) is 7.35. The van der Waals surface area contributed by atoms with E-state index in [4.69, 9.17) is 4.74 Å². The predicted octanol–water partition coefficient (Wildman–Crippen LogP) is 3.20. The number of aryl methyl sites for hydroxylation is 1. The number of carbonyl (C=O) groups is 2. The second kappa shape index (κ2) is 6.83. The van der Waals surface area contributed by atoms with Gasteiger partial charge in [-0.2, -0.15) is 5.10 Å². The molecule has 1 aliphatic rings. The van der Waals surface area contributed by atoms with Crippen LogP contribution in [0.2, 0.25) is 0 Å². The number of ether oxygens (including phenoxy) is 1. The van der Waals surface area contributed by atoms with Gasteiger partial charge >= 0.3 is 0 Å². The SMILES string of the molecule is Cc1ccc(C2=CC(=O)/C(=N\N=C\C(=O)c3ccccc3)O2)cc1. The molecule has 0 radical (unpaired) electrons. The number of rotatable bonds is 4. The van der Waals surface area contributed by atoms with E-state index in [1.165, 1.54) is 6.08 Å². The van der Waals surface area contributed by atoms with Crippen molar-refractivity contribution in [3.63, 3.8) is 0 Å². The summed E-state index contributed by atoms with van der Waals surface area (Å²) in [4.78, 5) is 23.7. The Balaban J connectivity index is 1.69. The van der Waals surface area contributed by atoms with Crippen molar-refractivity contribution >= 4 is 29.4 Å². The van der Waals surface area contributed by atoms with Crippen molar-refractivity contribution in [1.82, 2.24) is 0 Å². The van der Waals surface area contributed by atoms with Crippen LogP contribution in [0.5, 0.6) is 0 Å². The highest BCUT2D eigenvalue weighted by molar-refractivity contribution is 6.45. The summed E-state index contributed by atoms with van der Waals surface area (Å²) >= 11 is 0. The molecule has 0 fully saturated rings. The summed E-state index contributed by atoms with van der Waals surface area (Å²) < 4.78 is 5.42. The molecule has 0 amide bonds. The zero-order valence-corrected chi connectivity index (χ0v) is 13.0. The molecule has 0 unspecified atom stereocenters. The third-order valence-corrected chi connectivity index (χ3v) is 3.40. The molecule has 0 saturated carbocycles. The molecular formula is C19H14N2O3. The Morgan fingerprint density at radius 3 is 2.46 bits per heavy atom. The maximum atomic E-state index is 11.9. The zero-order chi connectivity index (χ0) is 16.9.